The monoisotopic (exact) mass is 175 g/mol. The number of carboxylic acid groups (broad SMARTS) is 1. The second-order valence-electron chi connectivity index (χ2n) is 2.80. The number of nitrogens with zero attached hydrogens (tertiary/aromatic N) is 1. The van der Waals surface area contributed by atoms with Crippen LogP contribution < -0.4 is 0 Å². The Morgan fingerprint density at radius 3 is 2.67 bits per heavy atom. The molecule has 0 aromatic heterocycles. The first kappa shape index (κ1) is 8.76. The van der Waals surface area contributed by atoms with Gasteiger partial charge in [-0.15, -0.1) is 10.1 Å². The molecule has 1 aliphatic carbocycles. The SMILES string of the molecule is O=C(O)[C@@H]1CC[C@@H](O[N+](=O)[O-])C1. The average Bonchev–Trinajstić information content (AvgIpc) is 2.34. The summed E-state index contributed by atoms with van der Waals surface area (Å²) >= 11 is 0. The summed E-state index contributed by atoms with van der Waals surface area (Å²) in [6, 6.07) is 0. The number of hydrogen-bond donors (Lipinski definition) is 1. The fourth-order valence-electron chi connectivity index (χ4n) is 1.38. The highest BCUT2D eigenvalue weighted by Gasteiger charge is 2.31. The Bertz CT molecular complexity index is 204. The van der Waals surface area contributed by atoms with Crippen LogP contribution >= 0.6 is 0 Å². The van der Waals surface area contributed by atoms with Gasteiger partial charge >= 0.3 is 5.97 Å². The third-order valence-electron chi connectivity index (χ3n) is 1.97. The first-order chi connectivity index (χ1) is 5.59. The smallest absolute Gasteiger partial charge is 0.306 e. The molecule has 0 aromatic carbocycles. The average molecular weight is 175 g/mol. The van der Waals surface area contributed by atoms with E-state index in [1.807, 2.05) is 0 Å². The maximum Gasteiger partial charge on any atom is 0.306 e. The number of carbonyl (C=O) groups is 1. The van der Waals surface area contributed by atoms with Crippen LogP contribution in [0.4, 0.5) is 0 Å². The summed E-state index contributed by atoms with van der Waals surface area (Å²) in [5, 5.41) is 17.5. The second kappa shape index (κ2) is 3.38. The lowest BCUT2D eigenvalue weighted by Gasteiger charge is -2.05. The maximum atomic E-state index is 10.4. The van der Waals surface area contributed by atoms with Crippen molar-refractivity contribution in [2.24, 2.45) is 5.92 Å². The molecule has 1 rings (SSSR count). The molecular formula is C6H9NO5. The Balaban J connectivity index is 2.35. The number of hydrogen-bond acceptors (Lipinski definition) is 4. The molecule has 0 saturated heterocycles. The van der Waals surface area contributed by atoms with Gasteiger partial charge < -0.3 is 9.94 Å². The lowest BCUT2D eigenvalue weighted by molar-refractivity contribution is -0.768. The van der Waals surface area contributed by atoms with E-state index in [-0.39, 0.29) is 6.42 Å². The molecule has 0 unspecified atom stereocenters. The molecule has 0 aromatic rings. The van der Waals surface area contributed by atoms with Crippen molar-refractivity contribution in [3.8, 4) is 0 Å². The van der Waals surface area contributed by atoms with E-state index >= 15 is 0 Å². The highest BCUT2D eigenvalue weighted by Crippen LogP contribution is 2.27. The summed E-state index contributed by atoms with van der Waals surface area (Å²) < 4.78 is 0. The zero-order chi connectivity index (χ0) is 9.14. The van der Waals surface area contributed by atoms with Gasteiger partial charge in [0.2, 0.25) is 0 Å². The predicted molar refractivity (Wildman–Crippen MR) is 36.8 cm³/mol. The van der Waals surface area contributed by atoms with E-state index in [2.05, 4.69) is 4.84 Å². The molecule has 2 atom stereocenters. The van der Waals surface area contributed by atoms with Crippen molar-refractivity contribution in [1.82, 2.24) is 0 Å². The van der Waals surface area contributed by atoms with E-state index in [1.54, 1.807) is 0 Å². The molecule has 0 spiro atoms. The fraction of sp³-hybridized carbons (Fsp3) is 0.833. The van der Waals surface area contributed by atoms with Gasteiger partial charge in [0, 0.05) is 0 Å². The van der Waals surface area contributed by atoms with E-state index in [9.17, 15) is 14.9 Å². The van der Waals surface area contributed by atoms with Gasteiger partial charge in [-0.1, -0.05) is 0 Å². The summed E-state index contributed by atoms with van der Waals surface area (Å²) in [6.45, 7) is 0. The van der Waals surface area contributed by atoms with Crippen molar-refractivity contribution >= 4 is 5.97 Å². The minimum absolute atomic E-state index is 0.246. The van der Waals surface area contributed by atoms with Gasteiger partial charge in [0.1, 0.15) is 6.10 Å². The molecule has 68 valence electrons. The third-order valence-corrected chi connectivity index (χ3v) is 1.97. The lowest BCUT2D eigenvalue weighted by atomic mass is 10.1. The Kier molecular flexibility index (Phi) is 2.47. The summed E-state index contributed by atoms with van der Waals surface area (Å²) in [7, 11) is 0. The largest absolute Gasteiger partial charge is 0.481 e. The highest BCUT2D eigenvalue weighted by molar-refractivity contribution is 5.70. The first-order valence-electron chi connectivity index (χ1n) is 3.63. The Hall–Kier alpha value is -1.33. The van der Waals surface area contributed by atoms with Crippen LogP contribution in [0.2, 0.25) is 0 Å². The normalized spacial score (nSPS) is 28.3. The van der Waals surface area contributed by atoms with Crippen LogP contribution in [0.15, 0.2) is 0 Å². The molecule has 1 aliphatic rings. The summed E-state index contributed by atoms with van der Waals surface area (Å²) in [4.78, 5) is 24.5. The minimum atomic E-state index is -0.899. The van der Waals surface area contributed by atoms with Crippen molar-refractivity contribution in [3.05, 3.63) is 10.1 Å². The Labute approximate surface area is 68.2 Å². The van der Waals surface area contributed by atoms with E-state index < -0.39 is 23.1 Å². The molecule has 0 heterocycles. The molecule has 1 N–H and O–H groups in total. The van der Waals surface area contributed by atoms with Crippen LogP contribution in [0.5, 0.6) is 0 Å². The van der Waals surface area contributed by atoms with Gasteiger partial charge in [-0.05, 0) is 19.3 Å². The Morgan fingerprint density at radius 1 is 1.58 bits per heavy atom. The van der Waals surface area contributed by atoms with Gasteiger partial charge in [0.15, 0.2) is 0 Å². The predicted octanol–water partition coefficient (Wildman–Crippen LogP) is 0.448. The van der Waals surface area contributed by atoms with Crippen molar-refractivity contribution in [2.75, 3.05) is 0 Å². The molecule has 6 nitrogen and oxygen atoms in total. The van der Waals surface area contributed by atoms with Crippen molar-refractivity contribution in [1.29, 1.82) is 0 Å². The molecule has 1 saturated carbocycles. The third kappa shape index (κ3) is 2.08. The standard InChI is InChI=1S/C6H9NO5/c8-6(9)4-1-2-5(3-4)12-7(10)11/h4-5H,1-3H2,(H,8,9)/t4-,5-/m1/s1. The Morgan fingerprint density at radius 2 is 2.25 bits per heavy atom. The number of carboxylic acids is 1. The molecule has 1 fully saturated rings. The number of aliphatic carboxylic acids is 1. The van der Waals surface area contributed by atoms with E-state index in [0.29, 0.717) is 12.8 Å². The lowest BCUT2D eigenvalue weighted by Crippen LogP contribution is -2.16. The summed E-state index contributed by atoms with van der Waals surface area (Å²) in [6.07, 6.45) is 0.642. The molecule has 12 heavy (non-hydrogen) atoms. The van der Waals surface area contributed by atoms with Crippen molar-refractivity contribution in [2.45, 2.75) is 25.4 Å². The van der Waals surface area contributed by atoms with Crippen molar-refractivity contribution < 1.29 is 19.8 Å². The molecule has 0 amide bonds. The first-order valence-corrected chi connectivity index (χ1v) is 3.63. The van der Waals surface area contributed by atoms with Gasteiger partial charge in [0.25, 0.3) is 5.09 Å². The van der Waals surface area contributed by atoms with Gasteiger partial charge in [-0.2, -0.15) is 0 Å². The van der Waals surface area contributed by atoms with Gasteiger partial charge in [-0.25, -0.2) is 0 Å². The van der Waals surface area contributed by atoms with Crippen LogP contribution in [0, 0.1) is 16.0 Å². The van der Waals surface area contributed by atoms with E-state index in [1.165, 1.54) is 0 Å². The van der Waals surface area contributed by atoms with Gasteiger partial charge in [0.05, 0.1) is 5.92 Å². The van der Waals surface area contributed by atoms with Crippen molar-refractivity contribution in [3.63, 3.8) is 0 Å². The quantitative estimate of drug-likeness (QED) is 0.496. The van der Waals surface area contributed by atoms with Crippen LogP contribution in [0.1, 0.15) is 19.3 Å². The summed E-state index contributed by atoms with van der Waals surface area (Å²) in [5.74, 6) is -1.38. The zero-order valence-corrected chi connectivity index (χ0v) is 6.30. The van der Waals surface area contributed by atoms with Crippen LogP contribution in [0.3, 0.4) is 0 Å². The van der Waals surface area contributed by atoms with Gasteiger partial charge in [-0.3, -0.25) is 4.79 Å². The van der Waals surface area contributed by atoms with Crippen LogP contribution in [-0.4, -0.2) is 22.3 Å². The van der Waals surface area contributed by atoms with E-state index in [4.69, 9.17) is 5.11 Å². The molecule has 0 aliphatic heterocycles. The summed E-state index contributed by atoms with van der Waals surface area (Å²) in [5.41, 5.74) is 0. The van der Waals surface area contributed by atoms with Crippen LogP contribution in [-0.2, 0) is 9.63 Å². The molecule has 0 bridgehead atoms. The molecule has 0 radical (unpaired) electrons. The highest BCUT2D eigenvalue weighted by atomic mass is 17.0. The molecule has 6 heteroatoms. The zero-order valence-electron chi connectivity index (χ0n) is 6.30. The van der Waals surface area contributed by atoms with Crippen LogP contribution in [0.25, 0.3) is 0 Å². The van der Waals surface area contributed by atoms with E-state index in [0.717, 1.165) is 0 Å². The second-order valence-corrected chi connectivity index (χ2v) is 2.80. The minimum Gasteiger partial charge on any atom is -0.481 e. The number of rotatable bonds is 3. The molecular weight excluding hydrogens is 166 g/mol. The topological polar surface area (TPSA) is 89.7 Å². The fourth-order valence-corrected chi connectivity index (χ4v) is 1.38. The maximum absolute atomic E-state index is 10.4.